The van der Waals surface area contributed by atoms with Crippen LogP contribution in [0.5, 0.6) is 0 Å². The fourth-order valence-electron chi connectivity index (χ4n) is 4.45. The number of quaternary nitrogens is 1. The molecule has 2 aliphatic rings. The van der Waals surface area contributed by atoms with E-state index in [0.29, 0.717) is 34.6 Å². The van der Waals surface area contributed by atoms with Crippen LogP contribution in [0.1, 0.15) is 40.0 Å². The molecule has 0 aromatic rings. The van der Waals surface area contributed by atoms with Gasteiger partial charge in [-0.05, 0) is 36.0 Å². The first-order valence-corrected chi connectivity index (χ1v) is 8.82. The van der Waals surface area contributed by atoms with Crippen molar-refractivity contribution in [2.45, 2.75) is 46.1 Å². The maximum Gasteiger partial charge on any atom is 0.362 e. The molecule has 0 amide bonds. The number of carbonyl (C=O) groups excluding carboxylic acids is 1. The topological polar surface area (TPSA) is 35.5 Å². The minimum Gasteiger partial charge on any atom is -1.00 e. The molecule has 2 bridgehead atoms. The molecule has 24 heavy (non-hydrogen) atoms. The highest BCUT2D eigenvalue weighted by Gasteiger charge is 2.61. The number of fused-ring (bicyclic) bond motifs is 2. The van der Waals surface area contributed by atoms with E-state index in [1.165, 1.54) is 19.3 Å². The van der Waals surface area contributed by atoms with Crippen LogP contribution in [0.15, 0.2) is 12.7 Å². The van der Waals surface area contributed by atoms with Gasteiger partial charge in [0, 0.05) is 0 Å². The van der Waals surface area contributed by atoms with Crippen LogP contribution in [-0.4, -0.2) is 57.0 Å². The van der Waals surface area contributed by atoms with Crippen molar-refractivity contribution in [2.24, 2.45) is 16.7 Å². The Bertz CT molecular complexity index is 464. The van der Waals surface area contributed by atoms with Crippen molar-refractivity contribution >= 4 is 5.97 Å². The molecule has 140 valence electrons. The van der Waals surface area contributed by atoms with E-state index in [9.17, 15) is 4.79 Å². The van der Waals surface area contributed by atoms with E-state index >= 15 is 0 Å². The summed E-state index contributed by atoms with van der Waals surface area (Å²) < 4.78 is 12.0. The average molecular weight is 360 g/mol. The van der Waals surface area contributed by atoms with Crippen LogP contribution in [0.3, 0.4) is 0 Å². The first kappa shape index (κ1) is 21.5. The molecule has 0 radical (unpaired) electrons. The van der Waals surface area contributed by atoms with Crippen molar-refractivity contribution in [1.29, 1.82) is 0 Å². The Kier molecular flexibility index (Phi) is 6.94. The molecular weight excluding hydrogens is 326 g/mol. The summed E-state index contributed by atoms with van der Waals surface area (Å²) in [5, 5.41) is 0. The van der Waals surface area contributed by atoms with E-state index in [1.807, 2.05) is 14.1 Å². The number of esters is 1. The van der Waals surface area contributed by atoms with Gasteiger partial charge in [0.2, 0.25) is 0 Å². The van der Waals surface area contributed by atoms with Crippen molar-refractivity contribution in [2.75, 3.05) is 40.4 Å². The fraction of sp³-hybridized carbons (Fsp3) is 0.842. The predicted octanol–water partition coefficient (Wildman–Crippen LogP) is 0.0274. The summed E-state index contributed by atoms with van der Waals surface area (Å²) in [6, 6.07) is 0. The Balaban J connectivity index is 0.00000288. The second kappa shape index (κ2) is 7.76. The maximum atomic E-state index is 11.8. The van der Waals surface area contributed by atoms with E-state index in [2.05, 4.69) is 27.4 Å². The Labute approximate surface area is 153 Å². The van der Waals surface area contributed by atoms with Gasteiger partial charge in [0.25, 0.3) is 0 Å². The van der Waals surface area contributed by atoms with Crippen molar-refractivity contribution < 1.29 is 31.2 Å². The molecule has 5 heteroatoms. The molecule has 0 aromatic carbocycles. The molecule has 3 unspecified atom stereocenters. The third-order valence-electron chi connectivity index (χ3n) is 6.65. The molecule has 0 aliphatic heterocycles. The molecular formula is C19H34ClNO3. The zero-order valence-electron chi connectivity index (χ0n) is 15.9. The third-order valence-corrected chi connectivity index (χ3v) is 6.65. The molecule has 0 heterocycles. The highest BCUT2D eigenvalue weighted by atomic mass is 35.5. The fourth-order valence-corrected chi connectivity index (χ4v) is 4.45. The summed E-state index contributed by atoms with van der Waals surface area (Å²) in [6.07, 6.45) is 5.78. The second-order valence-corrected chi connectivity index (χ2v) is 8.76. The molecule has 0 aromatic heterocycles. The van der Waals surface area contributed by atoms with Crippen LogP contribution < -0.4 is 12.4 Å². The van der Waals surface area contributed by atoms with Gasteiger partial charge in [0.15, 0.2) is 6.54 Å². The first-order chi connectivity index (χ1) is 10.6. The summed E-state index contributed by atoms with van der Waals surface area (Å²) in [5.74, 6) is 0.622. The number of carbonyl (C=O) groups is 1. The zero-order valence-corrected chi connectivity index (χ0v) is 16.7. The number of nitrogens with zero attached hydrogens (tertiary/aromatic N) is 1. The van der Waals surface area contributed by atoms with Gasteiger partial charge in [0.05, 0.1) is 26.8 Å². The molecule has 3 atom stereocenters. The highest BCUT2D eigenvalue weighted by Crippen LogP contribution is 2.66. The molecule has 2 saturated carbocycles. The van der Waals surface area contributed by atoms with E-state index in [-0.39, 0.29) is 25.0 Å². The third kappa shape index (κ3) is 4.14. The van der Waals surface area contributed by atoms with E-state index in [1.54, 1.807) is 6.08 Å². The smallest absolute Gasteiger partial charge is 0.362 e. The summed E-state index contributed by atoms with van der Waals surface area (Å²) in [7, 11) is 4.09. The second-order valence-electron chi connectivity index (χ2n) is 8.76. The number of hydrogen-bond acceptors (Lipinski definition) is 3. The van der Waals surface area contributed by atoms with Crippen molar-refractivity contribution in [1.82, 2.24) is 0 Å². The van der Waals surface area contributed by atoms with E-state index in [4.69, 9.17) is 9.47 Å². The average Bonchev–Trinajstić information content (AvgIpc) is 2.77. The van der Waals surface area contributed by atoms with E-state index in [0.717, 1.165) is 12.5 Å². The number of ether oxygens (including phenoxy) is 2. The lowest BCUT2D eigenvalue weighted by Gasteiger charge is -2.39. The number of halogens is 1. The Morgan fingerprint density at radius 1 is 1.33 bits per heavy atom. The van der Waals surface area contributed by atoms with Gasteiger partial charge < -0.3 is 26.4 Å². The van der Waals surface area contributed by atoms with Crippen LogP contribution in [-0.2, 0) is 14.3 Å². The predicted molar refractivity (Wildman–Crippen MR) is 92.0 cm³/mol. The largest absolute Gasteiger partial charge is 1.00 e. The summed E-state index contributed by atoms with van der Waals surface area (Å²) in [6.45, 7) is 12.9. The Morgan fingerprint density at radius 3 is 2.50 bits per heavy atom. The van der Waals surface area contributed by atoms with Gasteiger partial charge in [-0.2, -0.15) is 0 Å². The lowest BCUT2D eigenvalue weighted by Crippen LogP contribution is -3.00. The van der Waals surface area contributed by atoms with Crippen molar-refractivity contribution in [3.8, 4) is 0 Å². The minimum atomic E-state index is -0.178. The molecule has 2 aliphatic carbocycles. The Morgan fingerprint density at radius 2 is 2.00 bits per heavy atom. The zero-order chi connectivity index (χ0) is 17.3. The van der Waals surface area contributed by atoms with Crippen LogP contribution in [0.2, 0.25) is 0 Å². The summed E-state index contributed by atoms with van der Waals surface area (Å²) in [4.78, 5) is 11.8. The van der Waals surface area contributed by atoms with Crippen LogP contribution in [0.4, 0.5) is 0 Å². The minimum absolute atomic E-state index is 0. The Hall–Kier alpha value is -0.580. The standard InChI is InChI=1S/C19H34NO3.ClH/c1-7-11-23-17(21)14-20(5,6)10-12-22-16-13-15-8-9-19(16,4)18(15,2)3;/h7,15-16H,1,8-14H2,2-6H3;1H/q+1;/p-1. The van der Waals surface area contributed by atoms with E-state index < -0.39 is 0 Å². The molecule has 0 saturated heterocycles. The molecule has 2 fully saturated rings. The normalized spacial score (nSPS) is 30.7. The first-order valence-electron chi connectivity index (χ1n) is 8.82. The van der Waals surface area contributed by atoms with Gasteiger partial charge in [-0.3, -0.25) is 0 Å². The summed E-state index contributed by atoms with van der Waals surface area (Å²) >= 11 is 0. The number of hydrogen-bond donors (Lipinski definition) is 0. The number of rotatable bonds is 8. The monoisotopic (exact) mass is 359 g/mol. The van der Waals surface area contributed by atoms with Gasteiger partial charge in [-0.15, -0.1) is 0 Å². The highest BCUT2D eigenvalue weighted by molar-refractivity contribution is 5.70. The molecule has 0 spiro atoms. The SMILES string of the molecule is C=CCOC(=O)C[N+](C)(C)CCOC1CC2CCC1(C)C2(C)C.[Cl-]. The van der Waals surface area contributed by atoms with Gasteiger partial charge in [-0.1, -0.05) is 33.4 Å². The lowest BCUT2D eigenvalue weighted by atomic mass is 9.70. The molecule has 4 nitrogen and oxygen atoms in total. The summed E-state index contributed by atoms with van der Waals surface area (Å²) in [5.41, 5.74) is 0.689. The molecule has 0 N–H and O–H groups in total. The van der Waals surface area contributed by atoms with Crippen molar-refractivity contribution in [3.63, 3.8) is 0 Å². The van der Waals surface area contributed by atoms with Crippen LogP contribution in [0.25, 0.3) is 0 Å². The quantitative estimate of drug-likeness (QED) is 0.348. The van der Waals surface area contributed by atoms with Gasteiger partial charge in [-0.25, -0.2) is 4.79 Å². The van der Waals surface area contributed by atoms with Gasteiger partial charge in [0.1, 0.15) is 13.2 Å². The lowest BCUT2D eigenvalue weighted by molar-refractivity contribution is -0.883. The molecule has 2 rings (SSSR count). The van der Waals surface area contributed by atoms with Crippen LogP contribution in [0, 0.1) is 16.7 Å². The van der Waals surface area contributed by atoms with Crippen molar-refractivity contribution in [3.05, 3.63) is 12.7 Å². The number of likely N-dealkylation sites (N-methyl/N-ethyl adjacent to an activating group) is 1. The van der Waals surface area contributed by atoms with Gasteiger partial charge >= 0.3 is 5.97 Å². The maximum absolute atomic E-state index is 11.8. The van der Waals surface area contributed by atoms with Crippen LogP contribution >= 0.6 is 0 Å².